The highest BCUT2D eigenvalue weighted by Crippen LogP contribution is 2.31. The molecule has 1 aromatic heterocycles. The van der Waals surface area contributed by atoms with Crippen molar-refractivity contribution in [1.82, 2.24) is 14.9 Å². The largest absolute Gasteiger partial charge is 0.368 e. The Labute approximate surface area is 223 Å². The van der Waals surface area contributed by atoms with E-state index in [2.05, 4.69) is 24.5 Å². The van der Waals surface area contributed by atoms with Gasteiger partial charge in [0.25, 0.3) is 10.0 Å². The average Bonchev–Trinajstić information content (AvgIpc) is 2.92. The Hall–Kier alpha value is -3.37. The quantitative estimate of drug-likeness (QED) is 0.507. The molecule has 3 heterocycles. The van der Waals surface area contributed by atoms with Gasteiger partial charge in [-0.25, -0.2) is 13.4 Å². The fourth-order valence-corrected chi connectivity index (χ4v) is 6.15. The van der Waals surface area contributed by atoms with Gasteiger partial charge in [0, 0.05) is 62.9 Å². The lowest BCUT2D eigenvalue weighted by Crippen LogP contribution is -2.55. The first-order chi connectivity index (χ1) is 17.8. The van der Waals surface area contributed by atoms with Crippen LogP contribution in [0.3, 0.4) is 0 Å². The van der Waals surface area contributed by atoms with E-state index in [1.807, 2.05) is 30.0 Å². The monoisotopic (exact) mass is 542 g/mol. The third kappa shape index (κ3) is 5.50. The molecular formula is C26H31ClN6O3S. The molecule has 9 nitrogen and oxygen atoms in total. The van der Waals surface area contributed by atoms with Crippen LogP contribution in [0.1, 0.15) is 20.3 Å². The summed E-state index contributed by atoms with van der Waals surface area (Å²) < 4.78 is 27.7. The molecule has 0 aliphatic carbocycles. The first-order valence-electron chi connectivity index (χ1n) is 12.3. The zero-order chi connectivity index (χ0) is 26.0. The third-order valence-electron chi connectivity index (χ3n) is 6.93. The zero-order valence-electron chi connectivity index (χ0n) is 20.5. The smallest absolute Gasteiger partial charge is 0.263 e. The Morgan fingerprint density at radius 1 is 1.05 bits per heavy atom. The van der Waals surface area contributed by atoms with Crippen molar-refractivity contribution in [3.8, 4) is 0 Å². The van der Waals surface area contributed by atoms with Gasteiger partial charge in [0.2, 0.25) is 5.91 Å². The van der Waals surface area contributed by atoms with Crippen LogP contribution in [0.5, 0.6) is 0 Å². The number of amides is 1. The first-order valence-corrected chi connectivity index (χ1v) is 14.2. The van der Waals surface area contributed by atoms with Crippen LogP contribution in [-0.4, -0.2) is 68.0 Å². The molecule has 1 atom stereocenters. The predicted molar refractivity (Wildman–Crippen MR) is 147 cm³/mol. The normalized spacial score (nSPS) is 16.8. The highest BCUT2D eigenvalue weighted by atomic mass is 35.5. The van der Waals surface area contributed by atoms with Crippen LogP contribution >= 0.6 is 11.6 Å². The van der Waals surface area contributed by atoms with Gasteiger partial charge in [-0.05, 0) is 67.8 Å². The molecule has 1 amide bonds. The number of piperazine rings is 1. The molecule has 0 saturated carbocycles. The Kier molecular flexibility index (Phi) is 7.21. The maximum Gasteiger partial charge on any atom is 0.263 e. The molecular weight excluding hydrogens is 512 g/mol. The van der Waals surface area contributed by atoms with Gasteiger partial charge in [-0.2, -0.15) is 0 Å². The number of carbonyl (C=O) groups excluding carboxylic acids is 1. The standard InChI is InChI=1S/C26H29ClN6O3S.H2/c1-19(33-12-2-3-20-17-21(27)4-9-24(20)33)26(34)32-15-13-31(14-16-32)22-5-7-23(8-6-22)37(35,36)30-25-18-28-10-11-29-25;/h4-11,17-19H,2-3,12-16H2,1H3,(H,29,30);1H/t19-;/m1./s1. The number of aromatic nitrogens is 2. The second kappa shape index (κ2) is 10.5. The van der Waals surface area contributed by atoms with Crippen LogP contribution in [0.2, 0.25) is 5.02 Å². The van der Waals surface area contributed by atoms with E-state index in [1.54, 1.807) is 24.3 Å². The number of hydrogen-bond donors (Lipinski definition) is 1. The second-order valence-electron chi connectivity index (χ2n) is 9.25. The van der Waals surface area contributed by atoms with Crippen molar-refractivity contribution >= 4 is 44.7 Å². The number of sulfonamides is 1. The summed E-state index contributed by atoms with van der Waals surface area (Å²) in [6.45, 7) is 5.40. The van der Waals surface area contributed by atoms with E-state index in [-0.39, 0.29) is 24.1 Å². The van der Waals surface area contributed by atoms with Gasteiger partial charge in [0.15, 0.2) is 5.82 Å². The van der Waals surface area contributed by atoms with Gasteiger partial charge >= 0.3 is 0 Å². The van der Waals surface area contributed by atoms with Crippen molar-refractivity contribution in [1.29, 1.82) is 0 Å². The number of hydrogen-bond acceptors (Lipinski definition) is 7. The topological polar surface area (TPSA) is 98.7 Å². The maximum atomic E-state index is 13.4. The van der Waals surface area contributed by atoms with Crippen LogP contribution in [0, 0.1) is 0 Å². The van der Waals surface area contributed by atoms with E-state index in [0.717, 1.165) is 35.8 Å². The molecule has 1 N–H and O–H groups in total. The summed E-state index contributed by atoms with van der Waals surface area (Å²) in [6, 6.07) is 12.4. The summed E-state index contributed by atoms with van der Waals surface area (Å²) in [6.07, 6.45) is 6.23. The van der Waals surface area contributed by atoms with E-state index >= 15 is 0 Å². The first kappa shape index (κ1) is 25.3. The highest BCUT2D eigenvalue weighted by Gasteiger charge is 2.31. The van der Waals surface area contributed by atoms with Crippen LogP contribution in [0.15, 0.2) is 66.0 Å². The number of carbonyl (C=O) groups is 1. The van der Waals surface area contributed by atoms with Crippen LogP contribution in [-0.2, 0) is 21.2 Å². The minimum absolute atomic E-state index is 0. The van der Waals surface area contributed by atoms with Crippen molar-refractivity contribution in [2.45, 2.75) is 30.7 Å². The molecule has 0 bridgehead atoms. The van der Waals surface area contributed by atoms with Crippen molar-refractivity contribution in [2.75, 3.05) is 47.2 Å². The number of aryl methyl sites for hydroxylation is 1. The lowest BCUT2D eigenvalue weighted by atomic mass is 10.00. The van der Waals surface area contributed by atoms with Gasteiger partial charge in [0.1, 0.15) is 6.04 Å². The lowest BCUT2D eigenvalue weighted by molar-refractivity contribution is -0.132. The lowest BCUT2D eigenvalue weighted by Gasteiger charge is -2.41. The zero-order valence-corrected chi connectivity index (χ0v) is 22.1. The molecule has 2 aromatic carbocycles. The van der Waals surface area contributed by atoms with E-state index < -0.39 is 10.0 Å². The average molecular weight is 543 g/mol. The van der Waals surface area contributed by atoms with Gasteiger partial charge in [-0.15, -0.1) is 0 Å². The van der Waals surface area contributed by atoms with Crippen molar-refractivity contribution < 1.29 is 14.6 Å². The minimum Gasteiger partial charge on any atom is -0.368 e. The summed E-state index contributed by atoms with van der Waals surface area (Å²) in [5, 5.41) is 0.725. The van der Waals surface area contributed by atoms with Gasteiger partial charge < -0.3 is 14.7 Å². The van der Waals surface area contributed by atoms with Crippen LogP contribution in [0.4, 0.5) is 17.2 Å². The SMILES string of the molecule is C[C@H](C(=O)N1CCN(c2ccc(S(=O)(=O)Nc3cnccn3)cc2)CC1)N1CCCc2cc(Cl)ccc21.[HH]. The number of nitrogens with zero attached hydrogens (tertiary/aromatic N) is 5. The third-order valence-corrected chi connectivity index (χ3v) is 8.53. The molecule has 2 aliphatic rings. The van der Waals surface area contributed by atoms with Crippen LogP contribution < -0.4 is 14.5 Å². The Morgan fingerprint density at radius 2 is 1.81 bits per heavy atom. The molecule has 3 aromatic rings. The fraction of sp³-hybridized carbons (Fsp3) is 0.346. The molecule has 196 valence electrons. The van der Waals surface area contributed by atoms with Crippen molar-refractivity contribution in [3.63, 3.8) is 0 Å². The van der Waals surface area contributed by atoms with Gasteiger partial charge in [0.05, 0.1) is 11.1 Å². The predicted octanol–water partition coefficient (Wildman–Crippen LogP) is 3.67. The molecule has 5 rings (SSSR count). The Balaban J connectivity index is 0.00000336. The van der Waals surface area contributed by atoms with E-state index in [9.17, 15) is 13.2 Å². The summed E-state index contributed by atoms with van der Waals surface area (Å²) in [4.78, 5) is 27.6. The van der Waals surface area contributed by atoms with Gasteiger partial charge in [-0.1, -0.05) is 11.6 Å². The molecule has 1 saturated heterocycles. The maximum absolute atomic E-state index is 13.4. The fourth-order valence-electron chi connectivity index (χ4n) is 4.96. The molecule has 0 unspecified atom stereocenters. The summed E-state index contributed by atoms with van der Waals surface area (Å²) in [5.41, 5.74) is 3.21. The van der Waals surface area contributed by atoms with Crippen LogP contribution in [0.25, 0.3) is 0 Å². The Bertz CT molecular complexity index is 1370. The number of nitrogens with one attached hydrogen (secondary N) is 1. The summed E-state index contributed by atoms with van der Waals surface area (Å²) >= 11 is 6.18. The second-order valence-corrected chi connectivity index (χ2v) is 11.4. The number of anilines is 3. The van der Waals surface area contributed by atoms with Crippen molar-refractivity contribution in [2.24, 2.45) is 0 Å². The molecule has 11 heteroatoms. The minimum atomic E-state index is -3.76. The van der Waals surface area contributed by atoms with Crippen molar-refractivity contribution in [3.05, 3.63) is 71.6 Å². The number of rotatable bonds is 6. The number of benzene rings is 2. The number of halogens is 1. The molecule has 1 fully saturated rings. The Morgan fingerprint density at radius 3 is 2.51 bits per heavy atom. The van der Waals surface area contributed by atoms with E-state index in [0.29, 0.717) is 26.2 Å². The van der Waals surface area contributed by atoms with Gasteiger partial charge in [-0.3, -0.25) is 14.5 Å². The number of fused-ring (bicyclic) bond motifs is 1. The molecule has 0 spiro atoms. The molecule has 37 heavy (non-hydrogen) atoms. The summed E-state index contributed by atoms with van der Waals surface area (Å²) in [7, 11) is -3.76. The van der Waals surface area contributed by atoms with E-state index in [1.165, 1.54) is 24.2 Å². The molecule has 0 radical (unpaired) electrons. The van der Waals surface area contributed by atoms with E-state index in [4.69, 9.17) is 11.6 Å². The summed E-state index contributed by atoms with van der Waals surface area (Å²) in [5.74, 6) is 0.289. The molecule has 2 aliphatic heterocycles. The highest BCUT2D eigenvalue weighted by molar-refractivity contribution is 7.92.